The fourth-order valence-corrected chi connectivity index (χ4v) is 13.8. The van der Waals surface area contributed by atoms with Gasteiger partial charge in [0.05, 0.1) is 27.8 Å². The Bertz CT molecular complexity index is 2560. The topological polar surface area (TPSA) is 22.8 Å². The van der Waals surface area contributed by atoms with Gasteiger partial charge in [0.15, 0.2) is 13.2 Å². The van der Waals surface area contributed by atoms with Crippen molar-refractivity contribution in [3.63, 3.8) is 0 Å². The number of nitrogens with zero attached hydrogens (tertiary/aromatic N) is 3. The molecule has 2 aromatic heterocycles. The van der Waals surface area contributed by atoms with Crippen LogP contribution in [-0.4, -0.2) is 22.2 Å². The Kier molecular flexibility index (Phi) is 6.51. The molecular weight excluding hydrogens is 631 g/mol. The lowest BCUT2D eigenvalue weighted by Crippen LogP contribution is -2.74. The fraction of sp³-hybridized carbons (Fsp3) is 0.0227. The Morgan fingerprint density at radius 1 is 0.469 bits per heavy atom. The predicted molar refractivity (Wildman–Crippen MR) is 209 cm³/mol. The van der Waals surface area contributed by atoms with Crippen molar-refractivity contribution in [1.29, 1.82) is 0 Å². The molecular formula is C44H31N3SSi. The first kappa shape index (κ1) is 28.4. The van der Waals surface area contributed by atoms with E-state index in [1.54, 1.807) is 0 Å². The lowest BCUT2D eigenvalue weighted by Gasteiger charge is -2.34. The van der Waals surface area contributed by atoms with E-state index in [0.29, 0.717) is 0 Å². The van der Waals surface area contributed by atoms with Crippen LogP contribution < -0.4 is 20.7 Å². The molecule has 0 saturated carbocycles. The number of imidazole rings is 1. The third kappa shape index (κ3) is 4.26. The summed E-state index contributed by atoms with van der Waals surface area (Å²) >= 11 is 1.82. The van der Waals surface area contributed by atoms with Crippen LogP contribution in [0.4, 0.5) is 0 Å². The van der Waals surface area contributed by atoms with Crippen LogP contribution in [0, 0.1) is 0 Å². The highest BCUT2D eigenvalue weighted by Crippen LogP contribution is 2.39. The first-order valence-corrected chi connectivity index (χ1v) is 19.7. The molecule has 0 atom stereocenters. The summed E-state index contributed by atoms with van der Waals surface area (Å²) in [5, 5.41) is 9.11. The molecule has 9 aromatic rings. The minimum absolute atomic E-state index is 0.890. The van der Waals surface area contributed by atoms with Crippen LogP contribution in [0.5, 0.6) is 0 Å². The molecule has 0 unspecified atom stereocenters. The SMILES string of the molecule is c1ccc([Si](c2ccccc2)(c2ccccc2)c2ccc3c4ccccc4n(-c4ccc5c(c4)CSc4nc6ccccc6n4-5)c3c2)cc1. The second-order valence-corrected chi connectivity index (χ2v) is 17.5. The Hall–Kier alpha value is -5.62. The molecule has 0 radical (unpaired) electrons. The summed E-state index contributed by atoms with van der Waals surface area (Å²) in [6.07, 6.45) is 0. The molecule has 49 heavy (non-hydrogen) atoms. The summed E-state index contributed by atoms with van der Waals surface area (Å²) in [7, 11) is -2.70. The van der Waals surface area contributed by atoms with E-state index in [0.717, 1.165) is 21.9 Å². The van der Waals surface area contributed by atoms with E-state index < -0.39 is 8.07 Å². The first-order chi connectivity index (χ1) is 24.3. The van der Waals surface area contributed by atoms with Crippen molar-refractivity contribution in [2.75, 3.05) is 0 Å². The van der Waals surface area contributed by atoms with Crippen LogP contribution in [-0.2, 0) is 5.75 Å². The smallest absolute Gasteiger partial charge is 0.179 e. The maximum Gasteiger partial charge on any atom is 0.179 e. The summed E-state index contributed by atoms with van der Waals surface area (Å²) in [6, 6.07) is 65.1. The Balaban J connectivity index is 1.25. The number of aromatic nitrogens is 3. The molecule has 3 nitrogen and oxygen atoms in total. The van der Waals surface area contributed by atoms with Crippen LogP contribution in [0.25, 0.3) is 44.2 Å². The van der Waals surface area contributed by atoms with Crippen LogP contribution in [0.1, 0.15) is 5.56 Å². The van der Waals surface area contributed by atoms with Gasteiger partial charge >= 0.3 is 0 Å². The number of thioether (sulfide) groups is 1. The van der Waals surface area contributed by atoms with Gasteiger partial charge in [0.2, 0.25) is 0 Å². The largest absolute Gasteiger partial charge is 0.309 e. The van der Waals surface area contributed by atoms with E-state index in [4.69, 9.17) is 4.98 Å². The minimum atomic E-state index is -2.70. The van der Waals surface area contributed by atoms with Crippen molar-refractivity contribution in [2.45, 2.75) is 10.9 Å². The highest BCUT2D eigenvalue weighted by molar-refractivity contribution is 7.98. The zero-order valence-electron chi connectivity index (χ0n) is 26.7. The molecule has 10 rings (SSSR count). The van der Waals surface area contributed by atoms with Gasteiger partial charge in [-0.3, -0.25) is 4.57 Å². The van der Waals surface area contributed by atoms with Gasteiger partial charge in [0.25, 0.3) is 0 Å². The number of para-hydroxylation sites is 3. The van der Waals surface area contributed by atoms with E-state index in [1.807, 2.05) is 11.8 Å². The van der Waals surface area contributed by atoms with E-state index >= 15 is 0 Å². The van der Waals surface area contributed by atoms with Crippen LogP contribution in [0.2, 0.25) is 0 Å². The second kappa shape index (κ2) is 11.2. The third-order valence-electron chi connectivity index (χ3n) is 10.2. The average molecular weight is 662 g/mol. The molecule has 0 spiro atoms. The number of hydrogen-bond acceptors (Lipinski definition) is 2. The van der Waals surface area contributed by atoms with Crippen molar-refractivity contribution >= 4 is 73.4 Å². The quantitative estimate of drug-likeness (QED) is 0.137. The first-order valence-electron chi connectivity index (χ1n) is 16.7. The lowest BCUT2D eigenvalue weighted by atomic mass is 10.1. The molecule has 1 aliphatic rings. The van der Waals surface area contributed by atoms with Crippen molar-refractivity contribution in [1.82, 2.24) is 14.1 Å². The lowest BCUT2D eigenvalue weighted by molar-refractivity contribution is 0.893. The molecule has 3 heterocycles. The summed E-state index contributed by atoms with van der Waals surface area (Å²) in [4.78, 5) is 4.94. The molecule has 1 aliphatic heterocycles. The monoisotopic (exact) mass is 661 g/mol. The van der Waals surface area contributed by atoms with Crippen molar-refractivity contribution in [3.05, 3.63) is 181 Å². The number of fused-ring (bicyclic) bond motifs is 8. The highest BCUT2D eigenvalue weighted by Gasteiger charge is 2.41. The molecule has 0 saturated heterocycles. The summed E-state index contributed by atoms with van der Waals surface area (Å²) in [5.41, 5.74) is 8.37. The molecule has 232 valence electrons. The number of rotatable bonds is 5. The van der Waals surface area contributed by atoms with Gasteiger partial charge in [-0.15, -0.1) is 0 Å². The number of hydrogen-bond donors (Lipinski definition) is 0. The molecule has 0 aliphatic carbocycles. The highest BCUT2D eigenvalue weighted by atomic mass is 32.2. The van der Waals surface area contributed by atoms with Gasteiger partial charge in [-0.25, -0.2) is 4.98 Å². The molecule has 7 aromatic carbocycles. The summed E-state index contributed by atoms with van der Waals surface area (Å²) in [5.74, 6) is 0.890. The van der Waals surface area contributed by atoms with E-state index in [9.17, 15) is 0 Å². The molecule has 0 N–H and O–H groups in total. The predicted octanol–water partition coefficient (Wildman–Crippen LogP) is 8.11. The fourth-order valence-electron chi connectivity index (χ4n) is 8.07. The van der Waals surface area contributed by atoms with Gasteiger partial charge in [0.1, 0.15) is 0 Å². The van der Waals surface area contributed by atoms with Gasteiger partial charge in [-0.05, 0) is 68.8 Å². The van der Waals surface area contributed by atoms with Gasteiger partial charge in [0, 0.05) is 22.2 Å². The van der Waals surface area contributed by atoms with E-state index in [-0.39, 0.29) is 0 Å². The maximum absolute atomic E-state index is 4.94. The summed E-state index contributed by atoms with van der Waals surface area (Å²) in [6.45, 7) is 0. The van der Waals surface area contributed by atoms with Gasteiger partial charge in [-0.1, -0.05) is 145 Å². The standard InChI is InChI=1S/C44H31N3SSi/c1-4-14-33(15-5-1)49(34-16-6-2-7-17-34,35-18-8-3-9-19-35)36-25-26-38-37-20-10-12-22-41(37)46(43(38)29-36)32-24-27-40-31(28-32)30-48-44-45-39-21-11-13-23-42(39)47(40)44/h1-29H,30H2. The minimum Gasteiger partial charge on any atom is -0.309 e. The maximum atomic E-state index is 4.94. The third-order valence-corrected chi connectivity index (χ3v) is 15.9. The average Bonchev–Trinajstić information content (AvgIpc) is 3.72. The molecule has 0 fully saturated rings. The Morgan fingerprint density at radius 2 is 1.06 bits per heavy atom. The van der Waals surface area contributed by atoms with Crippen molar-refractivity contribution in [3.8, 4) is 11.4 Å². The second-order valence-electron chi connectivity index (χ2n) is 12.8. The molecule has 0 bridgehead atoms. The zero-order chi connectivity index (χ0) is 32.4. The van der Waals surface area contributed by atoms with Gasteiger partial charge < -0.3 is 4.57 Å². The van der Waals surface area contributed by atoms with E-state index in [2.05, 4.69) is 185 Å². The van der Waals surface area contributed by atoms with Crippen LogP contribution in [0.15, 0.2) is 181 Å². The molecule has 0 amide bonds. The molecule has 5 heteroatoms. The summed E-state index contributed by atoms with van der Waals surface area (Å²) < 4.78 is 4.81. The number of benzene rings is 7. The normalized spacial score (nSPS) is 12.7. The van der Waals surface area contributed by atoms with Crippen molar-refractivity contribution in [2.24, 2.45) is 0 Å². The Morgan fingerprint density at radius 3 is 1.76 bits per heavy atom. The van der Waals surface area contributed by atoms with Gasteiger partial charge in [-0.2, -0.15) is 0 Å². The Labute approximate surface area is 290 Å². The zero-order valence-corrected chi connectivity index (χ0v) is 28.5. The van der Waals surface area contributed by atoms with Crippen molar-refractivity contribution < 1.29 is 0 Å². The van der Waals surface area contributed by atoms with Crippen LogP contribution >= 0.6 is 11.8 Å². The van der Waals surface area contributed by atoms with E-state index in [1.165, 1.54) is 59.5 Å². The van der Waals surface area contributed by atoms with Crippen LogP contribution in [0.3, 0.4) is 0 Å².